The van der Waals surface area contributed by atoms with Gasteiger partial charge in [-0.15, -0.1) is 0 Å². The first kappa shape index (κ1) is 18.4. The lowest BCUT2D eigenvalue weighted by Gasteiger charge is -2.18. The fourth-order valence-electron chi connectivity index (χ4n) is 4.30. The Morgan fingerprint density at radius 2 is 1.47 bits per heavy atom. The van der Waals surface area contributed by atoms with Gasteiger partial charge in [-0.05, 0) is 73.4 Å². The second kappa shape index (κ2) is 6.99. The van der Waals surface area contributed by atoms with Gasteiger partial charge in [-0.25, -0.2) is 9.97 Å². The maximum absolute atomic E-state index is 4.77. The van der Waals surface area contributed by atoms with Crippen LogP contribution in [-0.4, -0.2) is 19.1 Å². The third kappa shape index (κ3) is 2.92. The molecular weight excluding hydrogens is 368 g/mol. The van der Waals surface area contributed by atoms with Crippen LogP contribution >= 0.6 is 0 Å². The van der Waals surface area contributed by atoms with Crippen LogP contribution < -0.4 is 0 Å². The molecule has 2 aromatic heterocycles. The van der Waals surface area contributed by atoms with Gasteiger partial charge in [-0.3, -0.25) is 4.57 Å². The monoisotopic (exact) mass is 392 g/mol. The average Bonchev–Trinajstić information content (AvgIpc) is 3.31. The molecule has 0 aliphatic rings. The number of hydrogen-bond acceptors (Lipinski definition) is 2. The van der Waals surface area contributed by atoms with Gasteiger partial charge in [-0.1, -0.05) is 30.3 Å². The standard InChI is InChI=1S/C26H24N4/c1-17-12-22(20-8-6-5-7-9-20)13-18(2)25(17)30-19(3)15-27-26(30)21-10-11-24-23(14-21)28-16-29(24)4/h5-16H,1-4H3. The molecule has 3 aromatic carbocycles. The molecule has 148 valence electrons. The Bertz CT molecular complexity index is 1350. The summed E-state index contributed by atoms with van der Waals surface area (Å²) in [6.45, 7) is 6.47. The van der Waals surface area contributed by atoms with Crippen molar-refractivity contribution in [2.45, 2.75) is 20.8 Å². The minimum absolute atomic E-state index is 0.943. The normalized spacial score (nSPS) is 11.3. The molecule has 0 saturated heterocycles. The molecular formula is C26H24N4. The van der Waals surface area contributed by atoms with Crippen LogP contribution in [0, 0.1) is 20.8 Å². The zero-order valence-electron chi connectivity index (χ0n) is 17.7. The molecule has 0 atom stereocenters. The molecule has 0 bridgehead atoms. The average molecular weight is 393 g/mol. The van der Waals surface area contributed by atoms with Gasteiger partial charge in [0.2, 0.25) is 0 Å². The number of rotatable bonds is 3. The summed E-state index contributed by atoms with van der Waals surface area (Å²) in [6.07, 6.45) is 3.80. The van der Waals surface area contributed by atoms with E-state index in [2.05, 4.69) is 91.0 Å². The predicted octanol–water partition coefficient (Wildman–Crippen LogP) is 6.02. The van der Waals surface area contributed by atoms with E-state index in [1.807, 2.05) is 24.1 Å². The summed E-state index contributed by atoms with van der Waals surface area (Å²) in [7, 11) is 2.01. The fourth-order valence-corrected chi connectivity index (χ4v) is 4.30. The summed E-state index contributed by atoms with van der Waals surface area (Å²) in [5.74, 6) is 0.943. The lowest BCUT2D eigenvalue weighted by molar-refractivity contribution is 0.947. The van der Waals surface area contributed by atoms with Crippen molar-refractivity contribution < 1.29 is 0 Å². The van der Waals surface area contributed by atoms with Crippen molar-refractivity contribution in [3.8, 4) is 28.2 Å². The molecule has 5 rings (SSSR count). The number of nitrogens with zero attached hydrogens (tertiary/aromatic N) is 4. The second-order valence-corrected chi connectivity index (χ2v) is 7.94. The topological polar surface area (TPSA) is 35.6 Å². The van der Waals surface area contributed by atoms with Crippen molar-refractivity contribution in [2.75, 3.05) is 0 Å². The smallest absolute Gasteiger partial charge is 0.144 e. The summed E-state index contributed by atoms with van der Waals surface area (Å²) in [5.41, 5.74) is 10.4. The largest absolute Gasteiger partial charge is 0.334 e. The van der Waals surface area contributed by atoms with Gasteiger partial charge in [0, 0.05) is 24.5 Å². The van der Waals surface area contributed by atoms with Gasteiger partial charge in [0.15, 0.2) is 0 Å². The highest BCUT2D eigenvalue weighted by Gasteiger charge is 2.17. The molecule has 0 aliphatic heterocycles. The van der Waals surface area contributed by atoms with Gasteiger partial charge >= 0.3 is 0 Å². The van der Waals surface area contributed by atoms with Gasteiger partial charge in [-0.2, -0.15) is 0 Å². The summed E-state index contributed by atoms with van der Waals surface area (Å²) < 4.78 is 4.30. The Kier molecular flexibility index (Phi) is 4.28. The van der Waals surface area contributed by atoms with Gasteiger partial charge < -0.3 is 4.57 Å². The molecule has 0 amide bonds. The Morgan fingerprint density at radius 1 is 0.733 bits per heavy atom. The Hall–Kier alpha value is -3.66. The van der Waals surface area contributed by atoms with Crippen LogP contribution in [0.4, 0.5) is 0 Å². The molecule has 5 aromatic rings. The van der Waals surface area contributed by atoms with Crippen LogP contribution in [-0.2, 0) is 7.05 Å². The van der Waals surface area contributed by atoms with Crippen molar-refractivity contribution in [2.24, 2.45) is 7.05 Å². The first-order valence-corrected chi connectivity index (χ1v) is 10.2. The first-order valence-electron chi connectivity index (χ1n) is 10.2. The number of imidazole rings is 2. The summed E-state index contributed by atoms with van der Waals surface area (Å²) in [5, 5.41) is 0. The van der Waals surface area contributed by atoms with Crippen LogP contribution in [0.5, 0.6) is 0 Å². The summed E-state index contributed by atoms with van der Waals surface area (Å²) in [4.78, 5) is 9.29. The summed E-state index contributed by atoms with van der Waals surface area (Å²) in [6, 6.07) is 21.4. The van der Waals surface area contributed by atoms with Crippen molar-refractivity contribution in [1.82, 2.24) is 19.1 Å². The van der Waals surface area contributed by atoms with Crippen LogP contribution in [0.1, 0.15) is 16.8 Å². The van der Waals surface area contributed by atoms with E-state index in [4.69, 9.17) is 4.98 Å². The van der Waals surface area contributed by atoms with Gasteiger partial charge in [0.05, 0.1) is 23.0 Å². The molecule has 4 nitrogen and oxygen atoms in total. The lowest BCUT2D eigenvalue weighted by Crippen LogP contribution is -2.05. The third-order valence-corrected chi connectivity index (χ3v) is 5.74. The Morgan fingerprint density at radius 3 is 2.20 bits per heavy atom. The second-order valence-electron chi connectivity index (χ2n) is 7.94. The van der Waals surface area contributed by atoms with Crippen molar-refractivity contribution in [3.63, 3.8) is 0 Å². The molecule has 2 heterocycles. The number of aryl methyl sites for hydroxylation is 4. The molecule has 4 heteroatoms. The van der Waals surface area contributed by atoms with E-state index in [-0.39, 0.29) is 0 Å². The SMILES string of the molecule is Cc1cc(-c2ccccc2)cc(C)c1-n1c(C)cnc1-c1ccc2c(c1)ncn2C. The highest BCUT2D eigenvalue weighted by Crippen LogP contribution is 2.32. The van der Waals surface area contributed by atoms with Gasteiger partial charge in [0.1, 0.15) is 5.82 Å². The maximum atomic E-state index is 4.77. The quantitative estimate of drug-likeness (QED) is 0.376. The van der Waals surface area contributed by atoms with E-state index in [0.717, 1.165) is 28.1 Å². The Balaban J connectivity index is 1.67. The zero-order chi connectivity index (χ0) is 20.8. The number of hydrogen-bond donors (Lipinski definition) is 0. The van der Waals surface area contributed by atoms with Crippen molar-refractivity contribution in [1.29, 1.82) is 0 Å². The minimum atomic E-state index is 0.943. The van der Waals surface area contributed by atoms with E-state index < -0.39 is 0 Å². The highest BCUT2D eigenvalue weighted by molar-refractivity contribution is 5.81. The van der Waals surface area contributed by atoms with E-state index >= 15 is 0 Å². The van der Waals surface area contributed by atoms with Crippen molar-refractivity contribution in [3.05, 3.63) is 90.0 Å². The third-order valence-electron chi connectivity index (χ3n) is 5.74. The van der Waals surface area contributed by atoms with Crippen LogP contribution in [0.15, 0.2) is 73.2 Å². The van der Waals surface area contributed by atoms with Crippen LogP contribution in [0.2, 0.25) is 0 Å². The number of aromatic nitrogens is 4. The molecule has 0 N–H and O–H groups in total. The molecule has 0 saturated carbocycles. The van der Waals surface area contributed by atoms with E-state index in [1.165, 1.54) is 27.9 Å². The van der Waals surface area contributed by atoms with Crippen molar-refractivity contribution >= 4 is 11.0 Å². The molecule has 0 unspecified atom stereocenters. The predicted molar refractivity (Wildman–Crippen MR) is 123 cm³/mol. The number of fused-ring (bicyclic) bond motifs is 1. The lowest BCUT2D eigenvalue weighted by atomic mass is 9.98. The van der Waals surface area contributed by atoms with E-state index in [1.54, 1.807) is 0 Å². The maximum Gasteiger partial charge on any atom is 0.144 e. The van der Waals surface area contributed by atoms with E-state index in [9.17, 15) is 0 Å². The summed E-state index contributed by atoms with van der Waals surface area (Å²) >= 11 is 0. The van der Waals surface area contributed by atoms with Gasteiger partial charge in [0.25, 0.3) is 0 Å². The molecule has 30 heavy (non-hydrogen) atoms. The fraction of sp³-hybridized carbons (Fsp3) is 0.154. The number of benzene rings is 3. The molecule has 0 aliphatic carbocycles. The molecule has 0 radical (unpaired) electrons. The first-order chi connectivity index (χ1) is 14.5. The zero-order valence-corrected chi connectivity index (χ0v) is 17.7. The van der Waals surface area contributed by atoms with Crippen LogP contribution in [0.25, 0.3) is 39.2 Å². The minimum Gasteiger partial charge on any atom is -0.334 e. The Labute approximate surface area is 176 Å². The molecule has 0 spiro atoms. The van der Waals surface area contributed by atoms with Crippen LogP contribution in [0.3, 0.4) is 0 Å². The van der Waals surface area contributed by atoms with E-state index in [0.29, 0.717) is 0 Å². The molecule has 0 fully saturated rings. The highest BCUT2D eigenvalue weighted by atomic mass is 15.1.